The van der Waals surface area contributed by atoms with Crippen LogP contribution in [0.4, 0.5) is 5.69 Å². The first-order valence-corrected chi connectivity index (χ1v) is 8.32. The van der Waals surface area contributed by atoms with Gasteiger partial charge >= 0.3 is 0 Å². The molecule has 0 aliphatic heterocycles. The summed E-state index contributed by atoms with van der Waals surface area (Å²) in [5.74, 6) is 0.0428. The molecule has 0 saturated heterocycles. The zero-order valence-corrected chi connectivity index (χ0v) is 15.9. The first-order chi connectivity index (χ1) is 11.4. The van der Waals surface area contributed by atoms with E-state index in [1.165, 1.54) is 7.11 Å². The number of amides is 1. The highest BCUT2D eigenvalue weighted by Crippen LogP contribution is 2.48. The predicted octanol–water partition coefficient (Wildman–Crippen LogP) is 5.98. The van der Waals surface area contributed by atoms with E-state index in [2.05, 4.69) is 5.32 Å². The Morgan fingerprint density at radius 2 is 1.50 bits per heavy atom. The van der Waals surface area contributed by atoms with Crippen LogP contribution in [-0.2, 0) is 4.79 Å². The lowest BCUT2D eigenvalue weighted by atomic mass is 10.3. The lowest BCUT2D eigenvalue weighted by molar-refractivity contribution is -0.118. The molecule has 0 fully saturated rings. The van der Waals surface area contributed by atoms with Crippen LogP contribution in [0.25, 0.3) is 0 Å². The molecule has 2 aromatic carbocycles. The van der Waals surface area contributed by atoms with Crippen LogP contribution in [0.1, 0.15) is 0 Å². The molecule has 0 heterocycles. The van der Waals surface area contributed by atoms with E-state index in [1.807, 2.05) is 0 Å². The second-order valence-corrected chi connectivity index (χ2v) is 6.33. The molecule has 1 N–H and O–H groups in total. The van der Waals surface area contributed by atoms with Crippen LogP contribution in [0.5, 0.6) is 11.5 Å². The summed E-state index contributed by atoms with van der Waals surface area (Å²) >= 11 is 29.8. The van der Waals surface area contributed by atoms with Crippen molar-refractivity contribution in [2.45, 2.75) is 0 Å². The highest BCUT2D eigenvalue weighted by Gasteiger charge is 2.21. The monoisotopic (exact) mass is 427 g/mol. The Hall–Kier alpha value is -1.04. The van der Waals surface area contributed by atoms with Crippen LogP contribution in [0.15, 0.2) is 24.3 Å². The molecule has 0 saturated carbocycles. The van der Waals surface area contributed by atoms with Crippen LogP contribution in [-0.4, -0.2) is 19.6 Å². The Morgan fingerprint density at radius 1 is 0.958 bits per heavy atom. The van der Waals surface area contributed by atoms with Crippen molar-refractivity contribution < 1.29 is 14.3 Å². The van der Waals surface area contributed by atoms with E-state index in [0.717, 1.165) is 0 Å². The van der Waals surface area contributed by atoms with Crippen molar-refractivity contribution in [1.29, 1.82) is 0 Å². The summed E-state index contributed by atoms with van der Waals surface area (Å²) in [6, 6.07) is 6.93. The van der Waals surface area contributed by atoms with E-state index >= 15 is 0 Å². The Balaban J connectivity index is 2.13. The van der Waals surface area contributed by atoms with Gasteiger partial charge in [-0.15, -0.1) is 0 Å². The van der Waals surface area contributed by atoms with Gasteiger partial charge in [0.1, 0.15) is 15.8 Å². The molecule has 2 rings (SSSR count). The Labute approximate surface area is 163 Å². The first kappa shape index (κ1) is 19.3. The van der Waals surface area contributed by atoms with Gasteiger partial charge in [0.2, 0.25) is 0 Å². The molecule has 0 bridgehead atoms. The van der Waals surface area contributed by atoms with Gasteiger partial charge in [-0.1, -0.05) is 70.1 Å². The van der Waals surface area contributed by atoms with E-state index in [9.17, 15) is 4.79 Å². The fourth-order valence-corrected chi connectivity index (χ4v) is 3.01. The summed E-state index contributed by atoms with van der Waals surface area (Å²) in [7, 11) is 1.50. The van der Waals surface area contributed by atoms with Gasteiger partial charge in [0.15, 0.2) is 12.4 Å². The van der Waals surface area contributed by atoms with E-state index in [4.69, 9.17) is 67.5 Å². The normalized spacial score (nSPS) is 10.4. The number of rotatable bonds is 5. The van der Waals surface area contributed by atoms with Gasteiger partial charge in [0.25, 0.3) is 5.91 Å². The molecule has 4 nitrogen and oxygen atoms in total. The fourth-order valence-electron chi connectivity index (χ4n) is 1.78. The van der Waals surface area contributed by atoms with Crippen LogP contribution in [0.3, 0.4) is 0 Å². The maximum atomic E-state index is 12.0. The maximum absolute atomic E-state index is 12.0. The van der Waals surface area contributed by atoms with Crippen LogP contribution < -0.4 is 14.8 Å². The topological polar surface area (TPSA) is 47.6 Å². The largest absolute Gasteiger partial charge is 0.495 e. The molecular formula is C15H10Cl5NO3. The predicted molar refractivity (Wildman–Crippen MR) is 98.6 cm³/mol. The SMILES string of the molecule is COc1ccccc1NC(=O)COc1c(Cl)c(Cl)c(Cl)c(Cl)c1Cl. The van der Waals surface area contributed by atoms with Gasteiger partial charge in [-0.2, -0.15) is 0 Å². The summed E-state index contributed by atoms with van der Waals surface area (Å²) in [5.41, 5.74) is 0.498. The van der Waals surface area contributed by atoms with E-state index in [0.29, 0.717) is 11.4 Å². The summed E-state index contributed by atoms with van der Waals surface area (Å²) in [6.07, 6.45) is 0. The molecule has 0 radical (unpaired) electrons. The highest BCUT2D eigenvalue weighted by atomic mass is 35.5. The van der Waals surface area contributed by atoms with Crippen molar-refractivity contribution in [1.82, 2.24) is 0 Å². The summed E-state index contributed by atoms with van der Waals surface area (Å²) in [5, 5.41) is 2.59. The zero-order chi connectivity index (χ0) is 17.9. The molecule has 9 heteroatoms. The number of hydrogen-bond donors (Lipinski definition) is 1. The lowest BCUT2D eigenvalue weighted by Crippen LogP contribution is -2.20. The number of carbonyl (C=O) groups excluding carboxylic acids is 1. The number of para-hydroxylation sites is 2. The number of benzene rings is 2. The first-order valence-electron chi connectivity index (χ1n) is 6.44. The number of halogens is 5. The van der Waals surface area contributed by atoms with Crippen LogP contribution in [0.2, 0.25) is 25.1 Å². The molecule has 128 valence electrons. The molecule has 2 aromatic rings. The van der Waals surface area contributed by atoms with E-state index in [1.54, 1.807) is 24.3 Å². The number of anilines is 1. The maximum Gasteiger partial charge on any atom is 0.262 e. The van der Waals surface area contributed by atoms with Crippen molar-refractivity contribution in [3.63, 3.8) is 0 Å². The van der Waals surface area contributed by atoms with Crippen molar-refractivity contribution in [3.8, 4) is 11.5 Å². The summed E-state index contributed by atoms with van der Waals surface area (Å²) in [6.45, 7) is -0.369. The molecule has 0 aliphatic carbocycles. The van der Waals surface area contributed by atoms with Crippen molar-refractivity contribution in [2.24, 2.45) is 0 Å². The van der Waals surface area contributed by atoms with Crippen molar-refractivity contribution in [3.05, 3.63) is 49.4 Å². The van der Waals surface area contributed by atoms with Gasteiger partial charge in [0.05, 0.1) is 27.9 Å². The van der Waals surface area contributed by atoms with Gasteiger partial charge in [-0.05, 0) is 12.1 Å². The number of hydrogen-bond acceptors (Lipinski definition) is 3. The highest BCUT2D eigenvalue weighted by molar-refractivity contribution is 6.55. The molecule has 0 atom stereocenters. The van der Waals surface area contributed by atoms with Gasteiger partial charge < -0.3 is 14.8 Å². The smallest absolute Gasteiger partial charge is 0.262 e. The second kappa shape index (κ2) is 8.37. The Bertz CT molecular complexity index is 753. The molecule has 0 aromatic heterocycles. The van der Waals surface area contributed by atoms with Crippen molar-refractivity contribution in [2.75, 3.05) is 19.0 Å². The minimum atomic E-state index is -0.450. The number of carbonyl (C=O) groups is 1. The van der Waals surface area contributed by atoms with E-state index in [-0.39, 0.29) is 37.5 Å². The Kier molecular flexibility index (Phi) is 6.72. The average Bonchev–Trinajstić information content (AvgIpc) is 2.58. The molecule has 24 heavy (non-hydrogen) atoms. The molecule has 0 unspecified atom stereocenters. The third kappa shape index (κ3) is 4.13. The van der Waals surface area contributed by atoms with E-state index < -0.39 is 5.91 Å². The molecule has 1 amide bonds. The zero-order valence-electron chi connectivity index (χ0n) is 12.1. The molecule has 0 spiro atoms. The quantitative estimate of drug-likeness (QED) is 0.470. The average molecular weight is 430 g/mol. The standard InChI is InChI=1S/C15H10Cl5NO3/c1-23-8-5-3-2-4-7(8)21-9(22)6-24-15-13(19)11(17)10(16)12(18)14(15)20/h2-5H,6H2,1H3,(H,21,22). The summed E-state index contributed by atoms with van der Waals surface area (Å²) < 4.78 is 10.5. The fraction of sp³-hybridized carbons (Fsp3) is 0.133. The minimum absolute atomic E-state index is 0.00660. The summed E-state index contributed by atoms with van der Waals surface area (Å²) in [4.78, 5) is 12.0. The van der Waals surface area contributed by atoms with Gasteiger partial charge in [0, 0.05) is 0 Å². The minimum Gasteiger partial charge on any atom is -0.495 e. The van der Waals surface area contributed by atoms with Gasteiger partial charge in [-0.25, -0.2) is 0 Å². The third-order valence-electron chi connectivity index (χ3n) is 2.90. The number of nitrogens with one attached hydrogen (secondary N) is 1. The number of methoxy groups -OCH3 is 1. The second-order valence-electron chi connectivity index (χ2n) is 4.44. The third-order valence-corrected chi connectivity index (χ3v) is 5.14. The molecular weight excluding hydrogens is 419 g/mol. The lowest BCUT2D eigenvalue weighted by Gasteiger charge is -2.14. The Morgan fingerprint density at radius 3 is 2.08 bits per heavy atom. The van der Waals surface area contributed by atoms with Gasteiger partial charge in [-0.3, -0.25) is 4.79 Å². The number of ether oxygens (including phenoxy) is 2. The molecule has 0 aliphatic rings. The van der Waals surface area contributed by atoms with Crippen LogP contribution in [0, 0.1) is 0 Å². The van der Waals surface area contributed by atoms with Crippen molar-refractivity contribution >= 4 is 69.6 Å². The van der Waals surface area contributed by atoms with Crippen LogP contribution >= 0.6 is 58.0 Å².